The summed E-state index contributed by atoms with van der Waals surface area (Å²) >= 11 is 0. The van der Waals surface area contributed by atoms with Crippen molar-refractivity contribution in [3.8, 4) is 0 Å². The van der Waals surface area contributed by atoms with E-state index in [4.69, 9.17) is 9.05 Å². The van der Waals surface area contributed by atoms with Gasteiger partial charge in [-0.25, -0.2) is 4.39 Å². The van der Waals surface area contributed by atoms with Gasteiger partial charge in [0, 0.05) is 19.9 Å². The van der Waals surface area contributed by atoms with Gasteiger partial charge in [-0.1, -0.05) is 19.3 Å². The van der Waals surface area contributed by atoms with E-state index in [1.807, 2.05) is 0 Å². The molecule has 1 N–H and O–H groups in total. The number of halogens is 1. The van der Waals surface area contributed by atoms with E-state index in [1.165, 1.54) is 32.8 Å². The molecule has 0 saturated heterocycles. The van der Waals surface area contributed by atoms with E-state index in [9.17, 15) is 8.96 Å². The third kappa shape index (κ3) is 4.38. The van der Waals surface area contributed by atoms with Gasteiger partial charge >= 0.3 is 7.60 Å². The SMILES string of the molecule is COP(=O)(OC)C(=NC1CCCCC1)Nc1ccc(F)cc1. The van der Waals surface area contributed by atoms with Gasteiger partial charge in [0.15, 0.2) is 0 Å². The van der Waals surface area contributed by atoms with E-state index >= 15 is 0 Å². The Kier molecular flexibility index (Phi) is 6.12. The van der Waals surface area contributed by atoms with Crippen molar-refractivity contribution >= 4 is 18.9 Å². The van der Waals surface area contributed by atoms with E-state index in [0.29, 0.717) is 5.69 Å². The highest BCUT2D eigenvalue weighted by Gasteiger charge is 2.31. The normalized spacial score (nSPS) is 17.5. The molecule has 1 saturated carbocycles. The molecule has 1 aliphatic carbocycles. The molecule has 2 rings (SSSR count). The molecule has 1 fully saturated rings. The van der Waals surface area contributed by atoms with E-state index in [2.05, 4.69) is 10.3 Å². The van der Waals surface area contributed by atoms with Crippen molar-refractivity contribution < 1.29 is 18.0 Å². The molecule has 0 unspecified atom stereocenters. The fraction of sp³-hybridized carbons (Fsp3) is 0.533. The van der Waals surface area contributed by atoms with Gasteiger partial charge in [0.2, 0.25) is 5.58 Å². The average Bonchev–Trinajstić information content (AvgIpc) is 2.56. The maximum absolute atomic E-state index is 13.0. The summed E-state index contributed by atoms with van der Waals surface area (Å²) in [4.78, 5) is 4.57. The first-order chi connectivity index (χ1) is 10.6. The third-order valence-corrected chi connectivity index (χ3v) is 5.43. The molecule has 0 aliphatic heterocycles. The molecule has 0 atom stereocenters. The van der Waals surface area contributed by atoms with Crippen LogP contribution in [0.3, 0.4) is 0 Å². The molecule has 0 radical (unpaired) electrons. The molecule has 1 aromatic carbocycles. The van der Waals surface area contributed by atoms with E-state index in [-0.39, 0.29) is 17.4 Å². The number of hydrogen-bond donors (Lipinski definition) is 1. The summed E-state index contributed by atoms with van der Waals surface area (Å²) in [5, 5.41) is 2.97. The Hall–Kier alpha value is -1.23. The molecule has 122 valence electrons. The maximum atomic E-state index is 13.0. The van der Waals surface area contributed by atoms with Crippen LogP contribution >= 0.6 is 7.60 Å². The lowest BCUT2D eigenvalue weighted by molar-refractivity contribution is 0.290. The van der Waals surface area contributed by atoms with Crippen molar-refractivity contribution in [2.75, 3.05) is 19.5 Å². The first kappa shape index (κ1) is 17.1. The minimum Gasteiger partial charge on any atom is -0.334 e. The predicted molar refractivity (Wildman–Crippen MR) is 86.0 cm³/mol. The number of amidine groups is 1. The van der Waals surface area contributed by atoms with Gasteiger partial charge in [-0.3, -0.25) is 9.56 Å². The second-order valence-corrected chi connectivity index (χ2v) is 7.39. The molecule has 0 spiro atoms. The van der Waals surface area contributed by atoms with Crippen LogP contribution in [0.4, 0.5) is 10.1 Å². The van der Waals surface area contributed by atoms with Gasteiger partial charge in [-0.15, -0.1) is 0 Å². The zero-order valence-electron chi connectivity index (χ0n) is 12.9. The summed E-state index contributed by atoms with van der Waals surface area (Å²) in [5.74, 6) is -0.335. The number of hydrogen-bond acceptors (Lipinski definition) is 4. The van der Waals surface area contributed by atoms with Gasteiger partial charge in [0.05, 0.1) is 6.04 Å². The molecule has 0 aromatic heterocycles. The van der Waals surface area contributed by atoms with E-state index < -0.39 is 7.60 Å². The van der Waals surface area contributed by atoms with Crippen molar-refractivity contribution in [1.29, 1.82) is 0 Å². The summed E-state index contributed by atoms with van der Waals surface area (Å²) in [7, 11) is -0.837. The van der Waals surface area contributed by atoms with Crippen LogP contribution in [-0.2, 0) is 13.6 Å². The number of nitrogens with zero attached hydrogens (tertiary/aromatic N) is 1. The fourth-order valence-electron chi connectivity index (χ4n) is 2.46. The summed E-state index contributed by atoms with van der Waals surface area (Å²) in [5.41, 5.74) is 0.765. The van der Waals surface area contributed by atoms with Gasteiger partial charge in [0.1, 0.15) is 5.82 Å². The van der Waals surface area contributed by atoms with Crippen molar-refractivity contribution in [3.63, 3.8) is 0 Å². The average molecular weight is 328 g/mol. The monoisotopic (exact) mass is 328 g/mol. The minimum absolute atomic E-state index is 0.107. The van der Waals surface area contributed by atoms with Crippen LogP contribution in [0, 0.1) is 5.82 Å². The molecule has 22 heavy (non-hydrogen) atoms. The maximum Gasteiger partial charge on any atom is 0.395 e. The van der Waals surface area contributed by atoms with Gasteiger partial charge in [-0.05, 0) is 37.1 Å². The standard InChI is InChI=1S/C15H22FN2O3P/c1-20-22(19,21-2)15(17-13-6-4-3-5-7-13)18-14-10-8-12(16)9-11-14/h8-11,13H,3-7H2,1-2H3,(H,17,18). The van der Waals surface area contributed by atoms with Crippen molar-refractivity contribution in [2.45, 2.75) is 38.1 Å². The lowest BCUT2D eigenvalue weighted by atomic mass is 9.96. The van der Waals surface area contributed by atoms with Crippen LogP contribution in [-0.4, -0.2) is 25.8 Å². The molecule has 0 amide bonds. The third-order valence-electron chi connectivity index (χ3n) is 3.72. The van der Waals surface area contributed by atoms with Gasteiger partial charge < -0.3 is 14.4 Å². The molecule has 0 heterocycles. The molecular formula is C15H22FN2O3P. The highest BCUT2D eigenvalue weighted by molar-refractivity contribution is 7.72. The van der Waals surface area contributed by atoms with Crippen LogP contribution in [0.15, 0.2) is 29.3 Å². The topological polar surface area (TPSA) is 59.9 Å². The zero-order chi connectivity index (χ0) is 16.0. The van der Waals surface area contributed by atoms with Crippen LogP contribution in [0.5, 0.6) is 0 Å². The Morgan fingerprint density at radius 1 is 1.18 bits per heavy atom. The number of nitrogens with one attached hydrogen (secondary N) is 1. The number of anilines is 1. The summed E-state index contributed by atoms with van der Waals surface area (Å²) in [6, 6.07) is 5.87. The number of rotatable bonds is 5. The summed E-state index contributed by atoms with van der Waals surface area (Å²) < 4.78 is 35.8. The van der Waals surface area contributed by atoms with Crippen LogP contribution in [0.25, 0.3) is 0 Å². The lowest BCUT2D eigenvalue weighted by Gasteiger charge is -2.22. The number of benzene rings is 1. The zero-order valence-corrected chi connectivity index (χ0v) is 13.8. The fourth-order valence-corrected chi connectivity index (χ4v) is 3.53. The Bertz CT molecular complexity index is 548. The second kappa shape index (κ2) is 7.86. The van der Waals surface area contributed by atoms with Crippen LogP contribution < -0.4 is 5.32 Å². The molecule has 1 aromatic rings. The minimum atomic E-state index is -3.49. The Morgan fingerprint density at radius 3 is 2.32 bits per heavy atom. The Morgan fingerprint density at radius 2 is 1.77 bits per heavy atom. The van der Waals surface area contributed by atoms with Crippen molar-refractivity contribution in [1.82, 2.24) is 0 Å². The highest BCUT2D eigenvalue weighted by Crippen LogP contribution is 2.48. The van der Waals surface area contributed by atoms with Crippen LogP contribution in [0.2, 0.25) is 0 Å². The Labute approximate surface area is 130 Å². The first-order valence-corrected chi connectivity index (χ1v) is 8.94. The first-order valence-electron chi connectivity index (χ1n) is 7.40. The lowest BCUT2D eigenvalue weighted by Crippen LogP contribution is -2.20. The second-order valence-electron chi connectivity index (χ2n) is 5.24. The molecule has 5 nitrogen and oxygen atoms in total. The number of aliphatic imine (C=N–C) groups is 1. The molecular weight excluding hydrogens is 306 g/mol. The predicted octanol–water partition coefficient (Wildman–Crippen LogP) is 4.41. The van der Waals surface area contributed by atoms with Gasteiger partial charge in [-0.2, -0.15) is 0 Å². The molecule has 7 heteroatoms. The van der Waals surface area contributed by atoms with Crippen LogP contribution in [0.1, 0.15) is 32.1 Å². The molecule has 1 aliphatic rings. The van der Waals surface area contributed by atoms with E-state index in [1.54, 1.807) is 12.1 Å². The van der Waals surface area contributed by atoms with Crippen molar-refractivity contribution in [3.05, 3.63) is 30.1 Å². The summed E-state index contributed by atoms with van der Waals surface area (Å²) in [6.45, 7) is 0. The summed E-state index contributed by atoms with van der Waals surface area (Å²) in [6.07, 6.45) is 5.35. The van der Waals surface area contributed by atoms with Crippen molar-refractivity contribution in [2.24, 2.45) is 4.99 Å². The largest absolute Gasteiger partial charge is 0.395 e. The Balaban J connectivity index is 2.26. The molecule has 0 bridgehead atoms. The van der Waals surface area contributed by atoms with E-state index in [0.717, 1.165) is 25.7 Å². The highest BCUT2D eigenvalue weighted by atomic mass is 31.2. The quantitative estimate of drug-likeness (QED) is 0.494. The van der Waals surface area contributed by atoms with Gasteiger partial charge in [0.25, 0.3) is 0 Å². The smallest absolute Gasteiger partial charge is 0.334 e.